The van der Waals surface area contributed by atoms with Crippen molar-refractivity contribution in [3.63, 3.8) is 0 Å². The molecule has 0 spiro atoms. The number of pyridine rings is 1. The minimum Gasteiger partial charge on any atom is -0.496 e. The maximum absolute atomic E-state index is 5.98. The van der Waals surface area contributed by atoms with Gasteiger partial charge in [0.1, 0.15) is 5.75 Å². The molecule has 5 heteroatoms. The van der Waals surface area contributed by atoms with Gasteiger partial charge in [-0.1, -0.05) is 19.1 Å². The molecule has 0 aliphatic rings. The molecule has 5 nitrogen and oxygen atoms in total. The molecule has 122 valence electrons. The lowest BCUT2D eigenvalue weighted by Gasteiger charge is -2.11. The van der Waals surface area contributed by atoms with Crippen molar-refractivity contribution >= 4 is 11.6 Å². The Morgan fingerprint density at radius 1 is 1.35 bits per heavy atom. The molecule has 0 aliphatic heterocycles. The Hall–Kier alpha value is -2.56. The third-order valence-electron chi connectivity index (χ3n) is 3.76. The zero-order chi connectivity index (χ0) is 16.8. The van der Waals surface area contributed by atoms with Crippen LogP contribution in [0.2, 0.25) is 0 Å². The number of anilines is 1. The van der Waals surface area contributed by atoms with E-state index in [-0.39, 0.29) is 0 Å². The number of aliphatic imine (C=N–C) groups is 1. The van der Waals surface area contributed by atoms with Crippen LogP contribution in [0.15, 0.2) is 35.5 Å². The van der Waals surface area contributed by atoms with Crippen LogP contribution in [-0.4, -0.2) is 18.1 Å². The monoisotopic (exact) mass is 312 g/mol. The fourth-order valence-corrected chi connectivity index (χ4v) is 2.45. The first-order valence-corrected chi connectivity index (χ1v) is 7.70. The number of guanidine groups is 1. The van der Waals surface area contributed by atoms with Crippen molar-refractivity contribution in [3.05, 3.63) is 52.8 Å². The Morgan fingerprint density at radius 2 is 2.13 bits per heavy atom. The van der Waals surface area contributed by atoms with E-state index in [1.165, 1.54) is 5.56 Å². The highest BCUT2D eigenvalue weighted by atomic mass is 16.5. The van der Waals surface area contributed by atoms with E-state index < -0.39 is 0 Å². The molecule has 0 saturated carbocycles. The Bertz CT molecular complexity index is 710. The number of ether oxygens (including phenoxy) is 1. The van der Waals surface area contributed by atoms with Gasteiger partial charge in [-0.25, -0.2) is 4.99 Å². The van der Waals surface area contributed by atoms with Crippen molar-refractivity contribution < 1.29 is 4.74 Å². The molecule has 0 fully saturated rings. The van der Waals surface area contributed by atoms with Crippen molar-refractivity contribution in [2.75, 3.05) is 12.4 Å². The molecule has 0 radical (unpaired) electrons. The van der Waals surface area contributed by atoms with Gasteiger partial charge in [-0.05, 0) is 38.0 Å². The van der Waals surface area contributed by atoms with Crippen molar-refractivity contribution in [2.24, 2.45) is 10.7 Å². The molecule has 0 atom stereocenters. The second kappa shape index (κ2) is 7.63. The minimum atomic E-state index is 0.374. The van der Waals surface area contributed by atoms with Gasteiger partial charge in [-0.15, -0.1) is 0 Å². The van der Waals surface area contributed by atoms with Gasteiger partial charge in [0.05, 0.1) is 19.3 Å². The zero-order valence-corrected chi connectivity index (χ0v) is 14.2. The molecule has 0 bridgehead atoms. The second-order valence-electron chi connectivity index (χ2n) is 5.43. The number of methoxy groups -OCH3 is 1. The first-order valence-electron chi connectivity index (χ1n) is 7.70. The van der Waals surface area contributed by atoms with Crippen LogP contribution >= 0.6 is 0 Å². The second-order valence-corrected chi connectivity index (χ2v) is 5.43. The molecule has 3 N–H and O–H groups in total. The Kier molecular flexibility index (Phi) is 5.57. The van der Waals surface area contributed by atoms with E-state index in [2.05, 4.69) is 34.3 Å². The summed E-state index contributed by atoms with van der Waals surface area (Å²) in [6.45, 7) is 6.49. The van der Waals surface area contributed by atoms with Crippen LogP contribution in [0, 0.1) is 13.8 Å². The summed E-state index contributed by atoms with van der Waals surface area (Å²) in [5.41, 5.74) is 11.0. The molecule has 1 aromatic carbocycles. The van der Waals surface area contributed by atoms with Crippen LogP contribution in [0.25, 0.3) is 0 Å². The van der Waals surface area contributed by atoms with Crippen LogP contribution in [-0.2, 0) is 13.0 Å². The van der Waals surface area contributed by atoms with E-state index in [4.69, 9.17) is 10.5 Å². The van der Waals surface area contributed by atoms with Gasteiger partial charge in [0.2, 0.25) is 0 Å². The molecule has 1 aromatic heterocycles. The summed E-state index contributed by atoms with van der Waals surface area (Å²) in [4.78, 5) is 8.80. The van der Waals surface area contributed by atoms with Gasteiger partial charge in [0.15, 0.2) is 5.96 Å². The Balaban J connectivity index is 2.10. The molecule has 0 unspecified atom stereocenters. The first-order chi connectivity index (χ1) is 11.0. The molecule has 0 amide bonds. The molecule has 1 heterocycles. The number of nitrogens with one attached hydrogen (secondary N) is 1. The summed E-state index contributed by atoms with van der Waals surface area (Å²) >= 11 is 0. The average molecular weight is 312 g/mol. The summed E-state index contributed by atoms with van der Waals surface area (Å²) in [7, 11) is 1.67. The molecule has 0 aliphatic carbocycles. The third-order valence-corrected chi connectivity index (χ3v) is 3.76. The van der Waals surface area contributed by atoms with Crippen molar-refractivity contribution in [1.82, 2.24) is 4.98 Å². The number of hydrogen-bond donors (Lipinski definition) is 2. The van der Waals surface area contributed by atoms with Crippen LogP contribution in [0.3, 0.4) is 0 Å². The lowest BCUT2D eigenvalue weighted by Crippen LogP contribution is -2.22. The van der Waals surface area contributed by atoms with Crippen LogP contribution in [0.1, 0.15) is 29.3 Å². The zero-order valence-electron chi connectivity index (χ0n) is 14.2. The number of hydrogen-bond acceptors (Lipinski definition) is 3. The lowest BCUT2D eigenvalue weighted by molar-refractivity contribution is 0.407. The molecule has 2 aromatic rings. The predicted molar refractivity (Wildman–Crippen MR) is 95.0 cm³/mol. The Morgan fingerprint density at radius 3 is 2.83 bits per heavy atom. The first kappa shape index (κ1) is 16.8. The standard InChI is InChI=1S/C18H24N4O/c1-5-14-7-6-8-15(9-14)22-18(19)21-11-16-13(3)17(23-4)12(2)10-20-16/h6-10H,5,11H2,1-4H3,(H3,19,21,22). The number of nitrogens with two attached hydrogens (primary N) is 1. The highest BCUT2D eigenvalue weighted by molar-refractivity contribution is 5.92. The van der Waals surface area contributed by atoms with Gasteiger partial charge in [-0.2, -0.15) is 0 Å². The lowest BCUT2D eigenvalue weighted by atomic mass is 10.1. The van der Waals surface area contributed by atoms with Crippen LogP contribution in [0.5, 0.6) is 5.75 Å². The van der Waals surface area contributed by atoms with E-state index in [1.54, 1.807) is 13.3 Å². The summed E-state index contributed by atoms with van der Waals surface area (Å²) in [6, 6.07) is 8.14. The van der Waals surface area contributed by atoms with E-state index in [9.17, 15) is 0 Å². The van der Waals surface area contributed by atoms with E-state index in [0.717, 1.165) is 34.7 Å². The molecule has 0 saturated heterocycles. The fourth-order valence-electron chi connectivity index (χ4n) is 2.45. The van der Waals surface area contributed by atoms with Gasteiger partial charge in [0.25, 0.3) is 0 Å². The third kappa shape index (κ3) is 4.22. The normalized spacial score (nSPS) is 11.4. The molecule has 2 rings (SSSR count). The predicted octanol–water partition coefficient (Wildman–Crippen LogP) is 3.20. The van der Waals surface area contributed by atoms with E-state index in [0.29, 0.717) is 12.5 Å². The molecule has 23 heavy (non-hydrogen) atoms. The highest BCUT2D eigenvalue weighted by Gasteiger charge is 2.09. The largest absolute Gasteiger partial charge is 0.496 e. The Labute approximate surface area is 137 Å². The van der Waals surface area contributed by atoms with Crippen LogP contribution < -0.4 is 15.8 Å². The van der Waals surface area contributed by atoms with Crippen LogP contribution in [0.4, 0.5) is 5.69 Å². The van der Waals surface area contributed by atoms with Crippen molar-refractivity contribution in [1.29, 1.82) is 0 Å². The number of benzene rings is 1. The maximum atomic E-state index is 5.98. The van der Waals surface area contributed by atoms with Gasteiger partial charge >= 0.3 is 0 Å². The van der Waals surface area contributed by atoms with E-state index in [1.807, 2.05) is 26.0 Å². The smallest absolute Gasteiger partial charge is 0.193 e. The minimum absolute atomic E-state index is 0.374. The van der Waals surface area contributed by atoms with Gasteiger partial charge in [0, 0.05) is 23.0 Å². The fraction of sp³-hybridized carbons (Fsp3) is 0.333. The highest BCUT2D eigenvalue weighted by Crippen LogP contribution is 2.24. The van der Waals surface area contributed by atoms with Gasteiger partial charge < -0.3 is 15.8 Å². The maximum Gasteiger partial charge on any atom is 0.193 e. The van der Waals surface area contributed by atoms with Gasteiger partial charge in [-0.3, -0.25) is 4.98 Å². The topological polar surface area (TPSA) is 72.5 Å². The van der Waals surface area contributed by atoms with E-state index >= 15 is 0 Å². The van der Waals surface area contributed by atoms with Crippen molar-refractivity contribution in [2.45, 2.75) is 33.7 Å². The van der Waals surface area contributed by atoms with Crippen molar-refractivity contribution in [3.8, 4) is 5.75 Å². The average Bonchev–Trinajstić information content (AvgIpc) is 2.55. The number of aryl methyl sites for hydroxylation is 2. The molecular weight excluding hydrogens is 288 g/mol. The number of rotatable bonds is 5. The summed E-state index contributed by atoms with van der Waals surface area (Å²) in [6.07, 6.45) is 2.78. The number of nitrogens with zero attached hydrogens (tertiary/aromatic N) is 2. The summed E-state index contributed by atoms with van der Waals surface area (Å²) in [5, 5.41) is 3.12. The summed E-state index contributed by atoms with van der Waals surface area (Å²) in [5.74, 6) is 1.23. The quantitative estimate of drug-likeness (QED) is 0.657. The molecular formula is C18H24N4O. The summed E-state index contributed by atoms with van der Waals surface area (Å²) < 4.78 is 5.41. The SMILES string of the molecule is CCc1cccc(NC(N)=NCc2ncc(C)c(OC)c2C)c1. The number of aromatic nitrogens is 1.